The summed E-state index contributed by atoms with van der Waals surface area (Å²) in [4.78, 5) is 8.72. The van der Waals surface area contributed by atoms with Gasteiger partial charge < -0.3 is 9.80 Å². The first kappa shape index (κ1) is 12.7. The van der Waals surface area contributed by atoms with E-state index in [0.29, 0.717) is 0 Å². The molecule has 0 aliphatic carbocycles. The molecule has 0 saturated carbocycles. The number of hydrogen-bond donors (Lipinski definition) is 0. The molecule has 15 heavy (non-hydrogen) atoms. The van der Waals surface area contributed by atoms with Crippen LogP contribution in [0.15, 0.2) is 5.38 Å². The molecule has 1 aromatic heterocycles. The van der Waals surface area contributed by atoms with Crippen LogP contribution in [-0.2, 0) is 6.54 Å². The molecule has 1 heterocycles. The van der Waals surface area contributed by atoms with Crippen LogP contribution in [0.5, 0.6) is 0 Å². The van der Waals surface area contributed by atoms with Crippen molar-refractivity contribution in [2.75, 3.05) is 32.6 Å². The molecule has 0 bridgehead atoms. The van der Waals surface area contributed by atoms with Crippen LogP contribution in [0.2, 0.25) is 0 Å². The van der Waals surface area contributed by atoms with Crippen molar-refractivity contribution in [3.05, 3.63) is 11.1 Å². The first-order chi connectivity index (χ1) is 7.13. The molecule has 3 nitrogen and oxygen atoms in total. The Morgan fingerprint density at radius 3 is 2.80 bits per heavy atom. The highest BCUT2D eigenvalue weighted by atomic mass is 127. The number of aromatic nitrogens is 1. The lowest BCUT2D eigenvalue weighted by molar-refractivity contribution is 0.398. The van der Waals surface area contributed by atoms with E-state index in [0.717, 1.165) is 23.9 Å². The fourth-order valence-corrected chi connectivity index (χ4v) is 2.04. The zero-order chi connectivity index (χ0) is 11.3. The Hall–Kier alpha value is -0.320. The minimum absolute atomic E-state index is 0.734. The molecule has 0 aromatic carbocycles. The maximum atomic E-state index is 4.54. The van der Waals surface area contributed by atoms with Gasteiger partial charge in [0.05, 0.1) is 12.2 Å². The minimum Gasteiger partial charge on any atom is -0.340 e. The van der Waals surface area contributed by atoms with Gasteiger partial charge in [0.25, 0.3) is 0 Å². The monoisotopic (exact) mass is 335 g/mol. The number of thiazole rings is 1. The zero-order valence-electron chi connectivity index (χ0n) is 9.12. The molecule has 0 saturated heterocycles. The summed E-state index contributed by atoms with van der Waals surface area (Å²) in [5, 5.41) is 3.13. The summed E-state index contributed by atoms with van der Waals surface area (Å²) in [5.41, 5.74) is 1.12. The lowest BCUT2D eigenvalue weighted by Crippen LogP contribution is -2.17. The number of halogens is 1. The molecule has 1 aromatic rings. The summed E-state index contributed by atoms with van der Waals surface area (Å²) in [6.07, 6.45) is 0. The average Bonchev–Trinajstić information content (AvgIpc) is 2.61. The Morgan fingerprint density at radius 1 is 1.47 bits per heavy atom. The SMILES string of the molecule is CN(C)Cc1csc(N(C)CC#CI)n1. The lowest BCUT2D eigenvalue weighted by atomic mass is 10.5. The summed E-state index contributed by atoms with van der Waals surface area (Å²) < 4.78 is 2.85. The van der Waals surface area contributed by atoms with Gasteiger partial charge in [0.2, 0.25) is 0 Å². The molecule has 0 fully saturated rings. The molecule has 0 spiro atoms. The first-order valence-corrected chi connectivity index (χ1v) is 6.48. The normalized spacial score (nSPS) is 9.93. The summed E-state index contributed by atoms with van der Waals surface area (Å²) in [6, 6.07) is 0. The lowest BCUT2D eigenvalue weighted by Gasteiger charge is -2.11. The molecule has 0 amide bonds. The van der Waals surface area contributed by atoms with Gasteiger partial charge in [-0.2, -0.15) is 0 Å². The molecular formula is C10H14IN3S. The molecule has 5 heteroatoms. The van der Waals surface area contributed by atoms with Crippen LogP contribution in [-0.4, -0.2) is 37.6 Å². The van der Waals surface area contributed by atoms with Crippen LogP contribution < -0.4 is 4.90 Å². The van der Waals surface area contributed by atoms with Crippen molar-refractivity contribution in [3.8, 4) is 9.85 Å². The van der Waals surface area contributed by atoms with Crippen LogP contribution in [0.3, 0.4) is 0 Å². The molecule has 82 valence electrons. The highest BCUT2D eigenvalue weighted by molar-refractivity contribution is 14.1. The minimum atomic E-state index is 0.734. The molecule has 1 rings (SSSR count). The average molecular weight is 335 g/mol. The second-order valence-corrected chi connectivity index (χ2v) is 4.86. The summed E-state index contributed by atoms with van der Waals surface area (Å²) >= 11 is 3.72. The Kier molecular flexibility index (Phi) is 5.36. The number of hydrogen-bond acceptors (Lipinski definition) is 4. The van der Waals surface area contributed by atoms with Crippen molar-refractivity contribution >= 4 is 39.1 Å². The third kappa shape index (κ3) is 4.36. The van der Waals surface area contributed by atoms with Crippen molar-refractivity contribution in [2.24, 2.45) is 0 Å². The van der Waals surface area contributed by atoms with Gasteiger partial charge in [-0.25, -0.2) is 4.98 Å². The van der Waals surface area contributed by atoms with Crippen LogP contribution >= 0.6 is 33.9 Å². The maximum absolute atomic E-state index is 4.54. The third-order valence-corrected chi connectivity index (χ3v) is 3.11. The first-order valence-electron chi connectivity index (χ1n) is 4.52. The molecule has 0 aliphatic heterocycles. The van der Waals surface area contributed by atoms with Crippen LogP contribution in [0.4, 0.5) is 5.13 Å². The van der Waals surface area contributed by atoms with E-state index < -0.39 is 0 Å². The smallest absolute Gasteiger partial charge is 0.186 e. The fraction of sp³-hybridized carbons (Fsp3) is 0.500. The zero-order valence-corrected chi connectivity index (χ0v) is 12.1. The van der Waals surface area contributed by atoms with Crippen molar-refractivity contribution in [3.63, 3.8) is 0 Å². The molecule has 0 radical (unpaired) electrons. The van der Waals surface area contributed by atoms with E-state index in [4.69, 9.17) is 0 Å². The van der Waals surface area contributed by atoms with E-state index in [-0.39, 0.29) is 0 Å². The summed E-state index contributed by atoms with van der Waals surface area (Å²) in [7, 11) is 6.10. The molecular weight excluding hydrogens is 321 g/mol. The second kappa shape index (κ2) is 6.30. The Balaban J connectivity index is 2.61. The van der Waals surface area contributed by atoms with Gasteiger partial charge in [0.15, 0.2) is 5.13 Å². The highest BCUT2D eigenvalue weighted by Crippen LogP contribution is 2.19. The Labute approximate surface area is 109 Å². The van der Waals surface area contributed by atoms with Crippen molar-refractivity contribution in [1.29, 1.82) is 0 Å². The number of rotatable bonds is 4. The van der Waals surface area contributed by atoms with Gasteiger partial charge in [0, 0.05) is 41.6 Å². The second-order valence-electron chi connectivity index (χ2n) is 3.49. The molecule has 0 N–H and O–H groups in total. The largest absolute Gasteiger partial charge is 0.340 e. The predicted molar refractivity (Wildman–Crippen MR) is 74.6 cm³/mol. The van der Waals surface area contributed by atoms with Crippen molar-refractivity contribution in [1.82, 2.24) is 9.88 Å². The maximum Gasteiger partial charge on any atom is 0.186 e. The van der Waals surface area contributed by atoms with Crippen LogP contribution in [0.1, 0.15) is 5.69 Å². The van der Waals surface area contributed by atoms with E-state index in [1.165, 1.54) is 0 Å². The number of nitrogens with zero attached hydrogens (tertiary/aromatic N) is 3. The van der Waals surface area contributed by atoms with E-state index in [2.05, 4.69) is 30.0 Å². The quantitative estimate of drug-likeness (QED) is 0.620. The predicted octanol–water partition coefficient (Wildman–Crippen LogP) is 2.04. The van der Waals surface area contributed by atoms with E-state index >= 15 is 0 Å². The third-order valence-electron chi connectivity index (χ3n) is 1.73. The number of anilines is 1. The van der Waals surface area contributed by atoms with Crippen molar-refractivity contribution in [2.45, 2.75) is 6.54 Å². The van der Waals surface area contributed by atoms with Crippen LogP contribution in [0.25, 0.3) is 0 Å². The molecule has 0 atom stereocenters. The topological polar surface area (TPSA) is 19.4 Å². The molecule has 0 aliphatic rings. The van der Waals surface area contributed by atoms with Gasteiger partial charge in [0.1, 0.15) is 0 Å². The summed E-state index contributed by atoms with van der Waals surface area (Å²) in [6.45, 7) is 1.63. The fourth-order valence-electron chi connectivity index (χ4n) is 1.08. The Bertz CT molecular complexity index is 364. The van der Waals surface area contributed by atoms with Gasteiger partial charge >= 0.3 is 0 Å². The van der Waals surface area contributed by atoms with Crippen molar-refractivity contribution < 1.29 is 0 Å². The Morgan fingerprint density at radius 2 is 2.20 bits per heavy atom. The van der Waals surface area contributed by atoms with E-state index in [1.807, 2.05) is 43.7 Å². The van der Waals surface area contributed by atoms with Gasteiger partial charge in [-0.1, -0.05) is 5.92 Å². The van der Waals surface area contributed by atoms with Gasteiger partial charge in [-0.05, 0) is 18.0 Å². The van der Waals surface area contributed by atoms with Gasteiger partial charge in [-0.3, -0.25) is 0 Å². The van der Waals surface area contributed by atoms with Gasteiger partial charge in [-0.15, -0.1) is 11.3 Å². The highest BCUT2D eigenvalue weighted by Gasteiger charge is 2.06. The van der Waals surface area contributed by atoms with E-state index in [9.17, 15) is 0 Å². The van der Waals surface area contributed by atoms with Crippen LogP contribution in [0, 0.1) is 9.85 Å². The molecule has 0 unspecified atom stereocenters. The van der Waals surface area contributed by atoms with E-state index in [1.54, 1.807) is 11.3 Å². The standard InChI is InChI=1S/C10H14IN3S/c1-13(2)7-9-8-15-10(12-9)14(3)6-4-5-11/h8H,6-7H2,1-3H3. The summed E-state index contributed by atoms with van der Waals surface area (Å²) in [5.74, 6) is 3.02.